The van der Waals surface area contributed by atoms with Crippen molar-refractivity contribution >= 4 is 0 Å². The highest BCUT2D eigenvalue weighted by Gasteiger charge is 2.26. The van der Waals surface area contributed by atoms with Gasteiger partial charge in [-0.15, -0.1) is 0 Å². The van der Waals surface area contributed by atoms with Crippen molar-refractivity contribution in [2.45, 2.75) is 18.6 Å². The zero-order valence-corrected chi connectivity index (χ0v) is 8.72. The first-order valence-corrected chi connectivity index (χ1v) is 5.20. The highest BCUT2D eigenvalue weighted by Crippen LogP contribution is 2.34. The van der Waals surface area contributed by atoms with Crippen LogP contribution in [0, 0.1) is 0 Å². The smallest absolute Gasteiger partial charge is 0.157 e. The normalized spacial score (nSPS) is 21.5. The molecule has 1 heterocycles. The lowest BCUT2D eigenvalue weighted by molar-refractivity contribution is 0.0604. The van der Waals surface area contributed by atoms with Crippen LogP contribution in [-0.4, -0.2) is 39.7 Å². The van der Waals surface area contributed by atoms with Gasteiger partial charge < -0.3 is 25.7 Å². The topological polar surface area (TPSA) is 93.0 Å². The summed E-state index contributed by atoms with van der Waals surface area (Å²) in [5, 5.41) is 40.4. The van der Waals surface area contributed by atoms with Crippen LogP contribution in [0.25, 0.3) is 0 Å². The van der Waals surface area contributed by atoms with Crippen molar-refractivity contribution in [2.75, 3.05) is 13.2 Å². The van der Waals surface area contributed by atoms with Gasteiger partial charge in [-0.05, 0) is 36.2 Å². The van der Waals surface area contributed by atoms with Crippen LogP contribution >= 0.6 is 0 Å². The Morgan fingerprint density at radius 1 is 1.31 bits per heavy atom. The third-order valence-electron chi connectivity index (χ3n) is 2.90. The highest BCUT2D eigenvalue weighted by molar-refractivity contribution is 5.48. The molecule has 5 nitrogen and oxygen atoms in total. The zero-order chi connectivity index (χ0) is 11.7. The molecule has 0 aromatic heterocycles. The third-order valence-corrected chi connectivity index (χ3v) is 2.90. The molecule has 5 N–H and O–H groups in total. The van der Waals surface area contributed by atoms with E-state index in [1.54, 1.807) is 0 Å². The molecule has 1 aliphatic heterocycles. The Bertz CT molecular complexity index is 394. The Labute approximate surface area is 93.0 Å². The van der Waals surface area contributed by atoms with E-state index in [0.717, 1.165) is 17.5 Å². The van der Waals surface area contributed by atoms with E-state index in [4.69, 9.17) is 5.11 Å². The molecule has 5 heteroatoms. The van der Waals surface area contributed by atoms with Crippen LogP contribution in [0.3, 0.4) is 0 Å². The number of nitrogens with one attached hydrogen (secondary N) is 1. The van der Waals surface area contributed by atoms with E-state index in [-0.39, 0.29) is 18.1 Å². The maximum atomic E-state index is 9.63. The summed E-state index contributed by atoms with van der Waals surface area (Å²) in [7, 11) is 0. The number of rotatable bonds is 2. The van der Waals surface area contributed by atoms with E-state index in [1.165, 1.54) is 12.1 Å². The van der Waals surface area contributed by atoms with Crippen molar-refractivity contribution in [1.82, 2.24) is 5.32 Å². The molecular formula is C11H15NO4. The number of phenolic OH excluding ortho intramolecular Hbond substituents is 2. The van der Waals surface area contributed by atoms with Crippen molar-refractivity contribution < 1.29 is 20.4 Å². The summed E-state index contributed by atoms with van der Waals surface area (Å²) in [5.74, 6) is -0.365. The monoisotopic (exact) mass is 225 g/mol. The number of benzene rings is 1. The van der Waals surface area contributed by atoms with E-state index in [1.807, 2.05) is 0 Å². The van der Waals surface area contributed by atoms with Crippen LogP contribution in [0.4, 0.5) is 0 Å². The van der Waals surface area contributed by atoms with Crippen molar-refractivity contribution in [2.24, 2.45) is 0 Å². The van der Waals surface area contributed by atoms with Crippen molar-refractivity contribution in [3.8, 4) is 11.5 Å². The Morgan fingerprint density at radius 2 is 2.00 bits per heavy atom. The van der Waals surface area contributed by atoms with Gasteiger partial charge in [-0.25, -0.2) is 0 Å². The van der Waals surface area contributed by atoms with E-state index in [0.29, 0.717) is 6.54 Å². The van der Waals surface area contributed by atoms with Crippen LogP contribution < -0.4 is 5.32 Å². The average molecular weight is 225 g/mol. The molecule has 0 amide bonds. The molecule has 1 aromatic carbocycles. The van der Waals surface area contributed by atoms with Gasteiger partial charge in [-0.1, -0.05) is 0 Å². The van der Waals surface area contributed by atoms with Gasteiger partial charge in [0, 0.05) is 0 Å². The maximum absolute atomic E-state index is 9.63. The van der Waals surface area contributed by atoms with Crippen LogP contribution in [0.5, 0.6) is 11.5 Å². The fourth-order valence-electron chi connectivity index (χ4n) is 2.06. The molecule has 0 spiro atoms. The first-order valence-electron chi connectivity index (χ1n) is 5.20. The summed E-state index contributed by atoms with van der Waals surface area (Å²) in [6.45, 7) is 0.317. The Morgan fingerprint density at radius 3 is 2.69 bits per heavy atom. The molecule has 1 aliphatic rings. The molecule has 0 saturated carbocycles. The Hall–Kier alpha value is -1.30. The van der Waals surface area contributed by atoms with E-state index < -0.39 is 12.1 Å². The summed E-state index contributed by atoms with van der Waals surface area (Å²) in [6.07, 6.45) is -0.194. The fraction of sp³-hybridized carbons (Fsp3) is 0.455. The first kappa shape index (κ1) is 11.2. The summed E-state index contributed by atoms with van der Waals surface area (Å²) in [6, 6.07) is 2.53. The van der Waals surface area contributed by atoms with E-state index in [2.05, 4.69) is 5.32 Å². The van der Waals surface area contributed by atoms with Crippen molar-refractivity contribution in [3.05, 3.63) is 23.3 Å². The van der Waals surface area contributed by atoms with Gasteiger partial charge >= 0.3 is 0 Å². The van der Waals surface area contributed by atoms with Crippen molar-refractivity contribution in [1.29, 1.82) is 0 Å². The summed E-state index contributed by atoms with van der Waals surface area (Å²) < 4.78 is 0. The Kier molecular flexibility index (Phi) is 3.00. The molecule has 0 radical (unpaired) electrons. The number of aromatic hydroxyl groups is 2. The van der Waals surface area contributed by atoms with Crippen LogP contribution in [0.2, 0.25) is 0 Å². The number of fused-ring (bicyclic) bond motifs is 1. The molecule has 0 aliphatic carbocycles. The molecule has 16 heavy (non-hydrogen) atoms. The second-order valence-corrected chi connectivity index (χ2v) is 3.97. The number of aliphatic hydroxyl groups excluding tert-OH is 2. The molecule has 2 rings (SSSR count). The molecule has 1 aromatic rings. The van der Waals surface area contributed by atoms with Crippen LogP contribution in [0.15, 0.2) is 12.1 Å². The fourth-order valence-corrected chi connectivity index (χ4v) is 2.06. The number of aliphatic hydroxyl groups is 2. The predicted octanol–water partition coefficient (Wildman–Crippen LogP) is -0.362. The largest absolute Gasteiger partial charge is 0.504 e. The van der Waals surface area contributed by atoms with E-state index in [9.17, 15) is 15.3 Å². The van der Waals surface area contributed by atoms with Gasteiger partial charge in [0.1, 0.15) is 0 Å². The zero-order valence-electron chi connectivity index (χ0n) is 8.72. The predicted molar refractivity (Wildman–Crippen MR) is 57.3 cm³/mol. The average Bonchev–Trinajstić information content (AvgIpc) is 2.29. The summed E-state index contributed by atoms with van der Waals surface area (Å²) in [5.41, 5.74) is 1.61. The third kappa shape index (κ3) is 1.84. The first-order chi connectivity index (χ1) is 7.63. The lowest BCUT2D eigenvalue weighted by Crippen LogP contribution is -2.39. The van der Waals surface area contributed by atoms with E-state index >= 15 is 0 Å². The highest BCUT2D eigenvalue weighted by atomic mass is 16.3. The Balaban J connectivity index is 2.41. The summed E-state index contributed by atoms with van der Waals surface area (Å²) in [4.78, 5) is 0. The molecular weight excluding hydrogens is 210 g/mol. The SMILES string of the molecule is OCC(O)[C@H]1NCCc2cc(O)c(O)cc21. The van der Waals surface area contributed by atoms with Gasteiger partial charge in [-0.3, -0.25) is 0 Å². The molecule has 1 unspecified atom stereocenters. The van der Waals surface area contributed by atoms with Crippen LogP contribution in [0.1, 0.15) is 17.2 Å². The molecule has 0 saturated heterocycles. The van der Waals surface area contributed by atoms with Crippen molar-refractivity contribution in [3.63, 3.8) is 0 Å². The van der Waals surface area contributed by atoms with Gasteiger partial charge in [0.15, 0.2) is 11.5 Å². The molecule has 88 valence electrons. The van der Waals surface area contributed by atoms with Gasteiger partial charge in [-0.2, -0.15) is 0 Å². The standard InChI is InChI=1S/C11H15NO4/c13-5-10(16)11-7-4-9(15)8(14)3-6(7)1-2-12-11/h3-4,10-16H,1-2,5H2/t10?,11-/m0/s1. The van der Waals surface area contributed by atoms with Gasteiger partial charge in [0.05, 0.1) is 18.8 Å². The minimum atomic E-state index is -0.914. The number of hydrogen-bond acceptors (Lipinski definition) is 5. The van der Waals surface area contributed by atoms with Gasteiger partial charge in [0.25, 0.3) is 0 Å². The minimum Gasteiger partial charge on any atom is -0.504 e. The molecule has 2 atom stereocenters. The maximum Gasteiger partial charge on any atom is 0.157 e. The molecule has 0 bridgehead atoms. The molecule has 0 fully saturated rings. The minimum absolute atomic E-state index is 0.155. The summed E-state index contributed by atoms with van der Waals surface area (Å²) >= 11 is 0. The lowest BCUT2D eigenvalue weighted by Gasteiger charge is -2.30. The van der Waals surface area contributed by atoms with Gasteiger partial charge in [0.2, 0.25) is 0 Å². The van der Waals surface area contributed by atoms with Crippen LogP contribution in [-0.2, 0) is 6.42 Å². The second kappa shape index (κ2) is 4.29. The lowest BCUT2D eigenvalue weighted by atomic mass is 9.91. The number of phenols is 2. The quantitative estimate of drug-likeness (QED) is 0.443. The second-order valence-electron chi connectivity index (χ2n) is 3.97. The number of hydrogen-bond donors (Lipinski definition) is 5.